The Morgan fingerprint density at radius 3 is 2.74 bits per heavy atom. The summed E-state index contributed by atoms with van der Waals surface area (Å²) in [4.78, 5) is 18.3. The van der Waals surface area contributed by atoms with Crippen molar-refractivity contribution < 1.29 is 4.79 Å². The van der Waals surface area contributed by atoms with E-state index < -0.39 is 0 Å². The summed E-state index contributed by atoms with van der Waals surface area (Å²) < 4.78 is 0. The molecule has 4 rings (SSSR count). The first kappa shape index (κ1) is 18.4. The Kier molecular flexibility index (Phi) is 4.92. The van der Waals surface area contributed by atoms with Crippen molar-refractivity contribution in [2.75, 3.05) is 0 Å². The van der Waals surface area contributed by atoms with E-state index in [4.69, 9.17) is 23.2 Å². The molecular weight excluding hydrogens is 379 g/mol. The lowest BCUT2D eigenvalue weighted by Gasteiger charge is -2.31. The third-order valence-electron chi connectivity index (χ3n) is 5.60. The normalized spacial score (nSPS) is 18.4. The van der Waals surface area contributed by atoms with E-state index in [1.165, 1.54) is 0 Å². The van der Waals surface area contributed by atoms with E-state index >= 15 is 0 Å². The maximum Gasteiger partial charge on any atom is 0.223 e. The van der Waals surface area contributed by atoms with Crippen molar-refractivity contribution in [2.24, 2.45) is 0 Å². The van der Waals surface area contributed by atoms with Crippen molar-refractivity contribution in [1.29, 1.82) is 0 Å². The largest absolute Gasteiger partial charge is 0.354 e. The van der Waals surface area contributed by atoms with Crippen LogP contribution in [0.1, 0.15) is 44.7 Å². The van der Waals surface area contributed by atoms with Crippen LogP contribution in [0.15, 0.2) is 42.5 Å². The fraction of sp³-hybridized carbons (Fsp3) is 0.318. The number of nitrogens with zero attached hydrogens (tertiary/aromatic N) is 1. The summed E-state index contributed by atoms with van der Waals surface area (Å²) in [6.07, 6.45) is 2.34. The van der Waals surface area contributed by atoms with Crippen molar-refractivity contribution >= 4 is 40.0 Å². The standard InChI is InChI=1S/C22H22Cl2N2O/c1-3-13(2)26-19(10-11-20(26)27)21-16-6-4-5-7-18(16)25-22(21)15-9-8-14(23)12-17(15)24/h4-9,12-13,19,25H,3,10-11H2,1-2H3/t13-,19+/m0/s1. The minimum atomic E-state index is 0.0466. The van der Waals surface area contributed by atoms with Crippen LogP contribution in [0.25, 0.3) is 22.2 Å². The van der Waals surface area contributed by atoms with Crippen LogP contribution in [0.5, 0.6) is 0 Å². The molecule has 2 aromatic carbocycles. The van der Waals surface area contributed by atoms with Crippen LogP contribution < -0.4 is 0 Å². The zero-order valence-electron chi connectivity index (χ0n) is 15.4. The number of likely N-dealkylation sites (tertiary alicyclic amines) is 1. The van der Waals surface area contributed by atoms with Gasteiger partial charge in [0.2, 0.25) is 5.91 Å². The van der Waals surface area contributed by atoms with Crippen LogP contribution in [-0.4, -0.2) is 21.8 Å². The monoisotopic (exact) mass is 400 g/mol. The molecule has 3 aromatic rings. The van der Waals surface area contributed by atoms with Gasteiger partial charge in [-0.15, -0.1) is 0 Å². The Hall–Kier alpha value is -1.97. The van der Waals surface area contributed by atoms with Crippen LogP contribution in [0.2, 0.25) is 10.0 Å². The number of H-pyrrole nitrogens is 1. The second kappa shape index (κ2) is 7.21. The van der Waals surface area contributed by atoms with Crippen molar-refractivity contribution in [1.82, 2.24) is 9.88 Å². The second-order valence-corrected chi connectivity index (χ2v) is 8.04. The van der Waals surface area contributed by atoms with Gasteiger partial charge in [-0.1, -0.05) is 48.3 Å². The molecule has 1 aliphatic rings. The maximum absolute atomic E-state index is 12.6. The lowest BCUT2D eigenvalue weighted by atomic mass is 9.96. The molecule has 1 saturated heterocycles. The highest BCUT2D eigenvalue weighted by Crippen LogP contribution is 2.45. The summed E-state index contributed by atoms with van der Waals surface area (Å²) in [7, 11) is 0. The number of carbonyl (C=O) groups is 1. The first-order valence-corrected chi connectivity index (χ1v) is 10.1. The molecule has 1 fully saturated rings. The molecule has 27 heavy (non-hydrogen) atoms. The summed E-state index contributed by atoms with van der Waals surface area (Å²) in [6, 6.07) is 14.0. The predicted molar refractivity (Wildman–Crippen MR) is 112 cm³/mol. The van der Waals surface area contributed by atoms with Gasteiger partial charge in [0, 0.05) is 39.5 Å². The van der Waals surface area contributed by atoms with E-state index in [0.29, 0.717) is 16.5 Å². The van der Waals surface area contributed by atoms with Gasteiger partial charge in [-0.3, -0.25) is 4.79 Å². The van der Waals surface area contributed by atoms with Gasteiger partial charge in [0.25, 0.3) is 0 Å². The number of halogens is 2. The minimum absolute atomic E-state index is 0.0466. The minimum Gasteiger partial charge on any atom is -0.354 e. The topological polar surface area (TPSA) is 36.1 Å². The van der Waals surface area contributed by atoms with Gasteiger partial charge in [-0.2, -0.15) is 0 Å². The molecule has 0 bridgehead atoms. The van der Waals surface area contributed by atoms with Crippen LogP contribution in [0.4, 0.5) is 0 Å². The van der Waals surface area contributed by atoms with E-state index in [1.807, 2.05) is 24.3 Å². The third kappa shape index (κ3) is 3.13. The van der Waals surface area contributed by atoms with Crippen LogP contribution >= 0.6 is 23.2 Å². The van der Waals surface area contributed by atoms with Gasteiger partial charge in [0.05, 0.1) is 16.8 Å². The molecule has 5 heteroatoms. The molecule has 0 radical (unpaired) electrons. The molecule has 1 aromatic heterocycles. The molecule has 0 saturated carbocycles. The summed E-state index contributed by atoms with van der Waals surface area (Å²) in [5, 5.41) is 2.36. The fourth-order valence-corrected chi connectivity index (χ4v) is 4.65. The number of aromatic nitrogens is 1. The van der Waals surface area contributed by atoms with E-state index in [9.17, 15) is 4.79 Å². The molecule has 140 valence electrons. The summed E-state index contributed by atoms with van der Waals surface area (Å²) >= 11 is 12.6. The number of para-hydroxylation sites is 1. The van der Waals surface area contributed by atoms with Gasteiger partial charge in [0.1, 0.15) is 0 Å². The molecule has 1 amide bonds. The maximum atomic E-state index is 12.6. The quantitative estimate of drug-likeness (QED) is 0.525. The van der Waals surface area contributed by atoms with E-state index in [-0.39, 0.29) is 18.0 Å². The molecule has 0 unspecified atom stereocenters. The highest BCUT2D eigenvalue weighted by molar-refractivity contribution is 6.36. The summed E-state index contributed by atoms with van der Waals surface area (Å²) in [6.45, 7) is 4.25. The van der Waals surface area contributed by atoms with Crippen LogP contribution in [-0.2, 0) is 4.79 Å². The Labute approximate surface area is 169 Å². The Bertz CT molecular complexity index is 1010. The highest BCUT2D eigenvalue weighted by Gasteiger charge is 2.37. The smallest absolute Gasteiger partial charge is 0.223 e. The molecule has 2 heterocycles. The zero-order chi connectivity index (χ0) is 19.1. The Morgan fingerprint density at radius 2 is 2.00 bits per heavy atom. The number of aromatic amines is 1. The number of carbonyl (C=O) groups excluding carboxylic acids is 1. The van der Waals surface area contributed by atoms with Crippen LogP contribution in [0, 0.1) is 0 Å². The molecule has 3 nitrogen and oxygen atoms in total. The molecule has 1 N–H and O–H groups in total. The number of amides is 1. The van der Waals surface area contributed by atoms with Gasteiger partial charge in [-0.25, -0.2) is 0 Å². The van der Waals surface area contributed by atoms with Crippen molar-refractivity contribution in [2.45, 2.75) is 45.2 Å². The average Bonchev–Trinajstić information content (AvgIpc) is 3.21. The second-order valence-electron chi connectivity index (χ2n) is 7.20. The molecule has 1 aliphatic heterocycles. The predicted octanol–water partition coefficient (Wildman–Crippen LogP) is 6.60. The van der Waals surface area contributed by atoms with Gasteiger partial charge in [-0.05, 0) is 44.0 Å². The average molecular weight is 401 g/mol. The van der Waals surface area contributed by atoms with Crippen molar-refractivity contribution in [3.8, 4) is 11.3 Å². The molecule has 0 aliphatic carbocycles. The fourth-order valence-electron chi connectivity index (χ4n) is 4.15. The Morgan fingerprint density at radius 1 is 1.22 bits per heavy atom. The van der Waals surface area contributed by atoms with Gasteiger partial charge in [0.15, 0.2) is 0 Å². The number of nitrogens with one attached hydrogen (secondary N) is 1. The lowest BCUT2D eigenvalue weighted by molar-refractivity contribution is -0.131. The number of hydrogen-bond donors (Lipinski definition) is 1. The van der Waals surface area contributed by atoms with Crippen molar-refractivity contribution in [3.05, 3.63) is 58.1 Å². The number of fused-ring (bicyclic) bond motifs is 1. The van der Waals surface area contributed by atoms with Crippen molar-refractivity contribution in [3.63, 3.8) is 0 Å². The zero-order valence-corrected chi connectivity index (χ0v) is 16.9. The van der Waals surface area contributed by atoms with Crippen LogP contribution in [0.3, 0.4) is 0 Å². The summed E-state index contributed by atoms with van der Waals surface area (Å²) in [5.74, 6) is 0.229. The lowest BCUT2D eigenvalue weighted by Crippen LogP contribution is -2.35. The SMILES string of the molecule is CC[C@H](C)N1C(=O)CC[C@@H]1c1c(-c2ccc(Cl)cc2Cl)[nH]c2ccccc12. The molecule has 2 atom stereocenters. The number of rotatable bonds is 4. The Balaban J connectivity index is 1.95. The van der Waals surface area contributed by atoms with E-state index in [1.54, 1.807) is 6.07 Å². The highest BCUT2D eigenvalue weighted by atomic mass is 35.5. The van der Waals surface area contributed by atoms with Gasteiger partial charge < -0.3 is 9.88 Å². The number of benzene rings is 2. The first-order chi connectivity index (χ1) is 13.0. The molecule has 0 spiro atoms. The van der Waals surface area contributed by atoms with E-state index in [2.05, 4.69) is 35.9 Å². The third-order valence-corrected chi connectivity index (χ3v) is 6.15. The van der Waals surface area contributed by atoms with Gasteiger partial charge >= 0.3 is 0 Å². The summed E-state index contributed by atoms with van der Waals surface area (Å²) in [5.41, 5.74) is 4.10. The first-order valence-electron chi connectivity index (χ1n) is 9.38. The molecular formula is C22H22Cl2N2O. The van der Waals surface area contributed by atoms with E-state index in [0.717, 1.165) is 40.6 Å². The number of hydrogen-bond acceptors (Lipinski definition) is 1.